The normalized spacial score (nSPS) is 24.5. The monoisotopic (exact) mass is 233 g/mol. The summed E-state index contributed by atoms with van der Waals surface area (Å²) < 4.78 is 0. The molecule has 1 heterocycles. The van der Waals surface area contributed by atoms with Gasteiger partial charge in [0.25, 0.3) is 0 Å². The molecule has 0 aromatic heterocycles. The van der Waals surface area contributed by atoms with E-state index in [-0.39, 0.29) is 12.3 Å². The van der Waals surface area contributed by atoms with Crippen LogP contribution in [0, 0.1) is 5.92 Å². The van der Waals surface area contributed by atoms with Crippen LogP contribution in [0.5, 0.6) is 0 Å². The summed E-state index contributed by atoms with van der Waals surface area (Å²) in [5, 5.41) is 12.4. The highest BCUT2D eigenvalue weighted by Gasteiger charge is 2.26. The summed E-state index contributed by atoms with van der Waals surface area (Å²) in [6.45, 7) is 1.01. The molecule has 2 atom stereocenters. The lowest BCUT2D eigenvalue weighted by atomic mass is 9.85. The third kappa shape index (κ3) is 3.56. The topological polar surface area (TPSA) is 49.3 Å². The van der Waals surface area contributed by atoms with Gasteiger partial charge >= 0.3 is 5.97 Å². The van der Waals surface area contributed by atoms with Crippen molar-refractivity contribution >= 4 is 5.97 Å². The molecule has 1 aliphatic rings. The first-order chi connectivity index (χ1) is 8.25. The molecule has 0 amide bonds. The lowest BCUT2D eigenvalue weighted by Crippen LogP contribution is -2.43. The molecule has 0 unspecified atom stereocenters. The van der Waals surface area contributed by atoms with Crippen LogP contribution in [0.4, 0.5) is 0 Å². The molecule has 0 radical (unpaired) electrons. The van der Waals surface area contributed by atoms with Crippen LogP contribution in [0.1, 0.15) is 24.8 Å². The fourth-order valence-corrected chi connectivity index (χ4v) is 2.60. The van der Waals surface area contributed by atoms with Crippen LogP contribution in [0.3, 0.4) is 0 Å². The highest BCUT2D eigenvalue weighted by atomic mass is 16.4. The van der Waals surface area contributed by atoms with Gasteiger partial charge in [-0.1, -0.05) is 30.3 Å². The zero-order valence-electron chi connectivity index (χ0n) is 9.93. The molecule has 0 spiro atoms. The van der Waals surface area contributed by atoms with Gasteiger partial charge in [-0.15, -0.1) is 0 Å². The van der Waals surface area contributed by atoms with Crippen molar-refractivity contribution in [2.45, 2.75) is 31.7 Å². The van der Waals surface area contributed by atoms with Gasteiger partial charge in [0.05, 0.1) is 0 Å². The fraction of sp³-hybridized carbons (Fsp3) is 0.500. The molecule has 1 aromatic rings. The van der Waals surface area contributed by atoms with Gasteiger partial charge in [-0.25, -0.2) is 0 Å². The summed E-state index contributed by atoms with van der Waals surface area (Å²) in [4.78, 5) is 10.8. The summed E-state index contributed by atoms with van der Waals surface area (Å²) in [5.41, 5.74) is 1.28. The van der Waals surface area contributed by atoms with E-state index in [1.165, 1.54) is 5.56 Å². The minimum atomic E-state index is -0.684. The van der Waals surface area contributed by atoms with Gasteiger partial charge in [0.1, 0.15) is 0 Å². The van der Waals surface area contributed by atoms with E-state index in [1.807, 2.05) is 18.2 Å². The summed E-state index contributed by atoms with van der Waals surface area (Å²) in [5.74, 6) is -0.418. The van der Waals surface area contributed by atoms with E-state index in [1.54, 1.807) is 0 Å². The molecule has 0 saturated carbocycles. The van der Waals surface area contributed by atoms with Crippen molar-refractivity contribution in [3.63, 3.8) is 0 Å². The fourth-order valence-electron chi connectivity index (χ4n) is 2.60. The number of rotatable bonds is 4. The lowest BCUT2D eigenvalue weighted by molar-refractivity contribution is -0.138. The first-order valence-electron chi connectivity index (χ1n) is 6.25. The van der Waals surface area contributed by atoms with Crippen molar-refractivity contribution in [3.8, 4) is 0 Å². The van der Waals surface area contributed by atoms with Gasteiger partial charge in [0.15, 0.2) is 0 Å². The molecule has 1 saturated heterocycles. The Kier molecular flexibility index (Phi) is 4.15. The van der Waals surface area contributed by atoms with Crippen molar-refractivity contribution in [3.05, 3.63) is 35.9 Å². The van der Waals surface area contributed by atoms with Crippen molar-refractivity contribution in [1.29, 1.82) is 0 Å². The number of carboxylic acid groups (broad SMARTS) is 1. The van der Waals surface area contributed by atoms with Gasteiger partial charge in [-0.2, -0.15) is 0 Å². The van der Waals surface area contributed by atoms with Crippen LogP contribution in [0.25, 0.3) is 0 Å². The first-order valence-corrected chi connectivity index (χ1v) is 6.25. The number of nitrogens with one attached hydrogen (secondary N) is 1. The van der Waals surface area contributed by atoms with Crippen LogP contribution in [0.15, 0.2) is 30.3 Å². The number of aliphatic carboxylic acids is 1. The van der Waals surface area contributed by atoms with Gasteiger partial charge in [-0.3, -0.25) is 4.79 Å². The Bertz CT molecular complexity index is 364. The minimum Gasteiger partial charge on any atom is -0.481 e. The van der Waals surface area contributed by atoms with E-state index < -0.39 is 5.97 Å². The Hall–Kier alpha value is -1.35. The Morgan fingerprint density at radius 2 is 2.12 bits per heavy atom. The Labute approximate surface area is 102 Å². The van der Waals surface area contributed by atoms with Crippen molar-refractivity contribution < 1.29 is 9.90 Å². The molecule has 3 nitrogen and oxygen atoms in total. The molecule has 0 bridgehead atoms. The maximum absolute atomic E-state index is 10.8. The highest BCUT2D eigenvalue weighted by molar-refractivity contribution is 5.67. The second kappa shape index (κ2) is 5.82. The molecule has 3 heteroatoms. The SMILES string of the molecule is O=C(O)C[C@H]1CCCN[C@@H]1Cc1ccccc1. The van der Waals surface area contributed by atoms with Gasteiger partial charge < -0.3 is 10.4 Å². The van der Waals surface area contributed by atoms with E-state index in [2.05, 4.69) is 17.4 Å². The van der Waals surface area contributed by atoms with Crippen LogP contribution >= 0.6 is 0 Å². The predicted octanol–water partition coefficient (Wildman–Crippen LogP) is 2.07. The molecule has 1 fully saturated rings. The van der Waals surface area contributed by atoms with E-state index in [9.17, 15) is 4.79 Å². The molecule has 92 valence electrons. The maximum Gasteiger partial charge on any atom is 0.303 e. The summed E-state index contributed by atoms with van der Waals surface area (Å²) in [6, 6.07) is 10.6. The quantitative estimate of drug-likeness (QED) is 0.837. The minimum absolute atomic E-state index is 0.265. The number of hydrogen-bond donors (Lipinski definition) is 2. The third-order valence-corrected chi connectivity index (χ3v) is 3.46. The lowest BCUT2D eigenvalue weighted by Gasteiger charge is -2.32. The average Bonchev–Trinajstić information content (AvgIpc) is 2.32. The summed E-state index contributed by atoms with van der Waals surface area (Å²) in [7, 11) is 0. The second-order valence-electron chi connectivity index (χ2n) is 4.75. The van der Waals surface area contributed by atoms with Gasteiger partial charge in [-0.05, 0) is 37.3 Å². The Morgan fingerprint density at radius 1 is 1.35 bits per heavy atom. The van der Waals surface area contributed by atoms with Gasteiger partial charge in [0.2, 0.25) is 0 Å². The van der Waals surface area contributed by atoms with Crippen LogP contribution in [-0.2, 0) is 11.2 Å². The van der Waals surface area contributed by atoms with Crippen molar-refractivity contribution in [1.82, 2.24) is 5.32 Å². The number of hydrogen-bond acceptors (Lipinski definition) is 2. The Balaban J connectivity index is 1.99. The molecule has 1 aromatic carbocycles. The molecule has 17 heavy (non-hydrogen) atoms. The maximum atomic E-state index is 10.8. The molecular weight excluding hydrogens is 214 g/mol. The van der Waals surface area contributed by atoms with E-state index in [0.29, 0.717) is 6.04 Å². The first kappa shape index (κ1) is 12.1. The molecule has 1 aliphatic heterocycles. The van der Waals surface area contributed by atoms with E-state index >= 15 is 0 Å². The number of benzene rings is 1. The van der Waals surface area contributed by atoms with Crippen LogP contribution < -0.4 is 5.32 Å². The Morgan fingerprint density at radius 3 is 2.82 bits per heavy atom. The summed E-state index contributed by atoms with van der Waals surface area (Å²) >= 11 is 0. The zero-order chi connectivity index (χ0) is 12.1. The van der Waals surface area contributed by atoms with E-state index in [4.69, 9.17) is 5.11 Å². The average molecular weight is 233 g/mol. The predicted molar refractivity (Wildman–Crippen MR) is 66.9 cm³/mol. The number of carbonyl (C=O) groups is 1. The standard InChI is InChI=1S/C14H19NO2/c16-14(17)10-12-7-4-8-15-13(12)9-11-5-2-1-3-6-11/h1-3,5-6,12-13,15H,4,7-10H2,(H,16,17)/t12-,13-/m1/s1. The third-order valence-electron chi connectivity index (χ3n) is 3.46. The molecule has 2 N–H and O–H groups in total. The zero-order valence-corrected chi connectivity index (χ0v) is 9.93. The molecule has 0 aliphatic carbocycles. The second-order valence-corrected chi connectivity index (χ2v) is 4.75. The molecular formula is C14H19NO2. The van der Waals surface area contributed by atoms with Gasteiger partial charge in [0, 0.05) is 12.5 Å². The smallest absolute Gasteiger partial charge is 0.303 e. The van der Waals surface area contributed by atoms with Crippen molar-refractivity contribution in [2.75, 3.05) is 6.54 Å². The highest BCUT2D eigenvalue weighted by Crippen LogP contribution is 2.22. The number of piperidine rings is 1. The van der Waals surface area contributed by atoms with Crippen LogP contribution in [-0.4, -0.2) is 23.7 Å². The van der Waals surface area contributed by atoms with Crippen molar-refractivity contribution in [2.24, 2.45) is 5.92 Å². The molecule has 2 rings (SSSR count). The largest absolute Gasteiger partial charge is 0.481 e. The summed E-state index contributed by atoms with van der Waals surface area (Å²) in [6.07, 6.45) is 3.32. The van der Waals surface area contributed by atoms with Crippen LogP contribution in [0.2, 0.25) is 0 Å². The number of carboxylic acids is 1. The van der Waals surface area contributed by atoms with E-state index in [0.717, 1.165) is 25.8 Å².